The molecule has 5 atom stereocenters. The van der Waals surface area contributed by atoms with Crippen molar-refractivity contribution in [3.8, 4) is 0 Å². The van der Waals surface area contributed by atoms with Gasteiger partial charge in [-0.05, 0) is 80.2 Å². The fraction of sp³-hybridized carbons (Fsp3) is 0.510. The van der Waals surface area contributed by atoms with Crippen molar-refractivity contribution in [2.24, 2.45) is 5.92 Å². The van der Waals surface area contributed by atoms with E-state index in [1.54, 1.807) is 24.3 Å². The smallest absolute Gasteiger partial charge is 0.242 e. The number of aliphatic hydroxyl groups excluding tert-OH is 1. The van der Waals surface area contributed by atoms with Gasteiger partial charge >= 0.3 is 0 Å². The molecule has 9 nitrogen and oxygen atoms in total. The van der Waals surface area contributed by atoms with Gasteiger partial charge in [0, 0.05) is 23.7 Å². The van der Waals surface area contributed by atoms with Gasteiger partial charge in [0.2, 0.25) is 15.9 Å². The molecule has 61 heavy (non-hydrogen) atoms. The Balaban J connectivity index is 1.33. The summed E-state index contributed by atoms with van der Waals surface area (Å²) in [6.45, 7) is 11.5. The Kier molecular flexibility index (Phi) is 19.9. The first kappa shape index (κ1) is 48.1. The Bertz CT molecular complexity index is 1940. The number of hydrogen-bond donors (Lipinski definition) is 3. The van der Waals surface area contributed by atoms with Crippen LogP contribution in [0.2, 0.25) is 0 Å². The first-order chi connectivity index (χ1) is 29.6. The first-order valence-corrected chi connectivity index (χ1v) is 24.3. The number of rotatable bonds is 26. The predicted molar refractivity (Wildman–Crippen MR) is 247 cm³/mol. The number of carbonyl (C=O) groups is 1. The molecule has 10 heteroatoms. The second-order valence-corrected chi connectivity index (χ2v) is 18.7. The van der Waals surface area contributed by atoms with E-state index >= 15 is 0 Å². The Labute approximate surface area is 366 Å². The Morgan fingerprint density at radius 1 is 0.705 bits per heavy atom. The summed E-state index contributed by atoms with van der Waals surface area (Å²) in [7, 11) is -3.99. The lowest BCUT2D eigenvalue weighted by molar-refractivity contribution is -0.276. The molecule has 0 aliphatic carbocycles. The maximum absolute atomic E-state index is 13.9. The molecular weight excluding hydrogens is 783 g/mol. The highest BCUT2D eigenvalue weighted by atomic mass is 32.2. The number of carbonyl (C=O) groups excluding carboxylic acids is 1. The van der Waals surface area contributed by atoms with Crippen LogP contribution in [-0.4, -0.2) is 56.1 Å². The number of sulfonamides is 1. The van der Waals surface area contributed by atoms with Gasteiger partial charge < -0.3 is 24.8 Å². The van der Waals surface area contributed by atoms with Crippen LogP contribution >= 0.6 is 0 Å². The summed E-state index contributed by atoms with van der Waals surface area (Å²) in [4.78, 5) is 16.6. The third-order valence-corrected chi connectivity index (χ3v) is 13.4. The molecule has 1 aliphatic heterocycles. The molecule has 4 aromatic carbocycles. The molecule has 0 radical (unpaired) electrons. The zero-order chi connectivity index (χ0) is 43.5. The lowest BCUT2D eigenvalue weighted by Gasteiger charge is -2.43. The van der Waals surface area contributed by atoms with Crippen LogP contribution in [0.3, 0.4) is 0 Å². The van der Waals surface area contributed by atoms with Crippen molar-refractivity contribution >= 4 is 21.6 Å². The summed E-state index contributed by atoms with van der Waals surface area (Å²) in [5.74, 6) is -0.398. The fourth-order valence-electron chi connectivity index (χ4n) is 8.07. The van der Waals surface area contributed by atoms with E-state index in [4.69, 9.17) is 9.47 Å². The molecule has 1 heterocycles. The van der Waals surface area contributed by atoms with E-state index < -0.39 is 28.3 Å². The van der Waals surface area contributed by atoms with Crippen molar-refractivity contribution in [3.63, 3.8) is 0 Å². The first-order valence-electron chi connectivity index (χ1n) is 22.9. The van der Waals surface area contributed by atoms with Crippen LogP contribution in [-0.2, 0) is 37.3 Å². The van der Waals surface area contributed by atoms with Gasteiger partial charge in [0.1, 0.15) is 6.04 Å². The molecule has 0 saturated carbocycles. The fourth-order valence-corrected chi connectivity index (χ4v) is 9.27. The molecule has 4 aromatic rings. The number of benzene rings is 4. The van der Waals surface area contributed by atoms with E-state index in [1.165, 1.54) is 77.0 Å². The number of nitrogens with zero attached hydrogens (tertiary/aromatic N) is 1. The number of hydrogen-bond acceptors (Lipinski definition) is 7. The second-order valence-electron chi connectivity index (χ2n) is 16.9. The molecule has 5 rings (SSSR count). The van der Waals surface area contributed by atoms with E-state index in [9.17, 15) is 18.3 Å². The van der Waals surface area contributed by atoms with Gasteiger partial charge in [-0.2, -0.15) is 4.72 Å². The van der Waals surface area contributed by atoms with Crippen LogP contribution in [0, 0.1) is 12.8 Å². The SMILES string of the molecule is CCCCCCCCN(CCCCCCCC)C[C@H]1O[C@@H](c2ccc(NC(=O)[C@@H](Cc3ccccc3)NS(=O)(=O)c3ccc(C)cc3)cc2)O[C@@H](c2ccc(CO)cc2)[C@H]1C. The van der Waals surface area contributed by atoms with Gasteiger partial charge in [-0.1, -0.05) is 169 Å². The lowest BCUT2D eigenvalue weighted by Crippen LogP contribution is -2.45. The topological polar surface area (TPSA) is 117 Å². The molecule has 0 spiro atoms. The summed E-state index contributed by atoms with van der Waals surface area (Å²) >= 11 is 0. The molecule has 0 unspecified atom stereocenters. The van der Waals surface area contributed by atoms with Gasteiger partial charge in [-0.15, -0.1) is 0 Å². The average molecular weight is 854 g/mol. The molecule has 332 valence electrons. The molecule has 1 amide bonds. The maximum atomic E-state index is 13.9. The van der Waals surface area contributed by atoms with Gasteiger partial charge in [0.15, 0.2) is 6.29 Å². The van der Waals surface area contributed by atoms with E-state index in [1.807, 2.05) is 85.8 Å². The van der Waals surface area contributed by atoms with Gasteiger partial charge in [-0.25, -0.2) is 8.42 Å². The van der Waals surface area contributed by atoms with Crippen LogP contribution < -0.4 is 10.0 Å². The highest BCUT2D eigenvalue weighted by Crippen LogP contribution is 2.42. The van der Waals surface area contributed by atoms with Crippen molar-refractivity contribution in [3.05, 3.63) is 131 Å². The van der Waals surface area contributed by atoms with Crippen molar-refractivity contribution in [1.29, 1.82) is 0 Å². The lowest BCUT2D eigenvalue weighted by atomic mass is 9.90. The largest absolute Gasteiger partial charge is 0.392 e. The monoisotopic (exact) mass is 854 g/mol. The zero-order valence-electron chi connectivity index (χ0n) is 37.1. The third-order valence-electron chi connectivity index (χ3n) is 11.9. The van der Waals surface area contributed by atoms with Crippen LogP contribution in [0.4, 0.5) is 5.69 Å². The Hall–Kier alpha value is -3.90. The number of anilines is 1. The van der Waals surface area contributed by atoms with Gasteiger partial charge in [-0.3, -0.25) is 4.79 Å². The Morgan fingerprint density at radius 2 is 1.28 bits per heavy atom. The summed E-state index contributed by atoms with van der Waals surface area (Å²) in [6, 6.07) is 30.4. The normalized spacial score (nSPS) is 18.6. The number of amides is 1. The van der Waals surface area contributed by atoms with Crippen molar-refractivity contribution in [1.82, 2.24) is 9.62 Å². The maximum Gasteiger partial charge on any atom is 0.242 e. The van der Waals surface area contributed by atoms with Crippen LogP contribution in [0.5, 0.6) is 0 Å². The summed E-state index contributed by atoms with van der Waals surface area (Å²) in [6.07, 6.45) is 14.3. The van der Waals surface area contributed by atoms with Crippen LogP contribution in [0.25, 0.3) is 0 Å². The number of ether oxygens (including phenoxy) is 2. The number of aryl methyl sites for hydroxylation is 1. The minimum Gasteiger partial charge on any atom is -0.392 e. The minimum absolute atomic E-state index is 0.0178. The van der Waals surface area contributed by atoms with Crippen molar-refractivity contribution in [2.45, 2.75) is 147 Å². The second kappa shape index (κ2) is 25.3. The van der Waals surface area contributed by atoms with Crippen LogP contribution in [0.1, 0.15) is 138 Å². The molecule has 1 fully saturated rings. The standard InChI is InChI=1S/C51H71N3O6S/c1-5-7-9-11-13-18-34-54(35-19-14-12-10-8-6-2)37-48-40(4)49(43-26-24-42(38-55)25-27-43)60-51(59-48)44-28-30-45(31-29-44)52-50(56)47(36-41-20-16-15-17-21-41)53-61(57,58)46-32-22-39(3)23-33-46/h15-17,20-33,40,47-49,51,53,55H,5-14,18-19,34-38H2,1-4H3,(H,52,56)/t40-,47+,48+,49+,51+/m0/s1. The molecule has 0 bridgehead atoms. The van der Waals surface area contributed by atoms with Gasteiger partial charge in [0.25, 0.3) is 0 Å². The summed E-state index contributed by atoms with van der Waals surface area (Å²) in [5.41, 5.74) is 5.03. The molecule has 1 saturated heterocycles. The van der Waals surface area contributed by atoms with E-state index in [-0.39, 0.29) is 36.0 Å². The number of unbranched alkanes of at least 4 members (excludes halogenated alkanes) is 10. The quantitative estimate of drug-likeness (QED) is 0.0539. The predicted octanol–water partition coefficient (Wildman–Crippen LogP) is 10.8. The average Bonchev–Trinajstić information content (AvgIpc) is 3.27. The van der Waals surface area contributed by atoms with Gasteiger partial charge in [0.05, 0.1) is 23.7 Å². The minimum atomic E-state index is -3.99. The molecular formula is C51H71N3O6S. The summed E-state index contributed by atoms with van der Waals surface area (Å²) in [5, 5.41) is 12.7. The van der Waals surface area contributed by atoms with Crippen molar-refractivity contribution in [2.75, 3.05) is 25.0 Å². The molecule has 1 aliphatic rings. The number of aliphatic hydroxyl groups is 1. The third kappa shape index (κ3) is 15.4. The van der Waals surface area contributed by atoms with E-state index in [0.717, 1.165) is 47.5 Å². The summed E-state index contributed by atoms with van der Waals surface area (Å²) < 4.78 is 43.3. The Morgan fingerprint density at radius 3 is 1.87 bits per heavy atom. The highest BCUT2D eigenvalue weighted by Gasteiger charge is 2.39. The van der Waals surface area contributed by atoms with E-state index in [2.05, 4.69) is 35.7 Å². The molecule has 0 aromatic heterocycles. The van der Waals surface area contributed by atoms with E-state index in [0.29, 0.717) is 5.69 Å². The molecule has 3 N–H and O–H groups in total. The van der Waals surface area contributed by atoms with Crippen molar-refractivity contribution < 1.29 is 27.8 Å². The zero-order valence-corrected chi connectivity index (χ0v) is 37.9. The number of nitrogens with one attached hydrogen (secondary N) is 2. The van der Waals surface area contributed by atoms with Crippen LogP contribution in [0.15, 0.2) is 108 Å². The highest BCUT2D eigenvalue weighted by molar-refractivity contribution is 7.89.